The summed E-state index contributed by atoms with van der Waals surface area (Å²) >= 11 is 0. The van der Waals surface area contributed by atoms with Gasteiger partial charge in [-0.2, -0.15) is 0 Å². The number of hydrogen-bond acceptors (Lipinski definition) is 4. The van der Waals surface area contributed by atoms with Crippen LogP contribution in [0, 0.1) is 6.92 Å². The standard InChI is InChI=1S/C18H18N2O3S/c1-14-3-2-4-15(9-14)13-24(21,22)20-11-16-5-6-18(19-10-16)17-7-8-23-12-17/h2-10,12,20H,11,13H2,1H3. The number of rotatable bonds is 6. The summed E-state index contributed by atoms with van der Waals surface area (Å²) in [6.45, 7) is 2.16. The Hall–Kier alpha value is -2.44. The van der Waals surface area contributed by atoms with Crippen LogP contribution < -0.4 is 4.72 Å². The third-order valence-electron chi connectivity index (χ3n) is 3.58. The van der Waals surface area contributed by atoms with E-state index in [9.17, 15) is 8.42 Å². The summed E-state index contributed by atoms with van der Waals surface area (Å²) < 4.78 is 32.0. The van der Waals surface area contributed by atoms with Crippen LogP contribution in [0.2, 0.25) is 0 Å². The van der Waals surface area contributed by atoms with Crippen molar-refractivity contribution >= 4 is 10.0 Å². The van der Waals surface area contributed by atoms with Crippen molar-refractivity contribution in [2.45, 2.75) is 19.2 Å². The predicted molar refractivity (Wildman–Crippen MR) is 92.6 cm³/mol. The molecule has 0 radical (unpaired) electrons. The SMILES string of the molecule is Cc1cccc(CS(=O)(=O)NCc2ccc(-c3ccoc3)nc2)c1. The number of aryl methyl sites for hydroxylation is 1. The second-order valence-corrected chi connectivity index (χ2v) is 7.44. The lowest BCUT2D eigenvalue weighted by Gasteiger charge is -2.08. The molecule has 0 amide bonds. The topological polar surface area (TPSA) is 72.2 Å². The fraction of sp³-hybridized carbons (Fsp3) is 0.167. The second kappa shape index (κ2) is 6.98. The fourth-order valence-electron chi connectivity index (χ4n) is 2.38. The molecule has 0 bridgehead atoms. The van der Waals surface area contributed by atoms with Gasteiger partial charge in [0, 0.05) is 18.3 Å². The number of hydrogen-bond donors (Lipinski definition) is 1. The molecule has 0 fully saturated rings. The molecule has 5 nitrogen and oxygen atoms in total. The van der Waals surface area contributed by atoms with Crippen LogP contribution >= 0.6 is 0 Å². The number of nitrogens with zero attached hydrogens (tertiary/aromatic N) is 1. The predicted octanol–water partition coefficient (Wildman–Crippen LogP) is 3.27. The summed E-state index contributed by atoms with van der Waals surface area (Å²) in [5, 5.41) is 0. The van der Waals surface area contributed by atoms with Gasteiger partial charge in [-0.3, -0.25) is 4.98 Å². The number of furan rings is 1. The van der Waals surface area contributed by atoms with E-state index in [1.54, 1.807) is 18.7 Å². The van der Waals surface area contributed by atoms with Gasteiger partial charge < -0.3 is 4.42 Å². The summed E-state index contributed by atoms with van der Waals surface area (Å²) in [6.07, 6.45) is 4.87. The summed E-state index contributed by atoms with van der Waals surface area (Å²) in [5.41, 5.74) is 4.30. The van der Waals surface area contributed by atoms with Crippen LogP contribution in [0.5, 0.6) is 0 Å². The minimum Gasteiger partial charge on any atom is -0.472 e. The van der Waals surface area contributed by atoms with Crippen LogP contribution in [0.25, 0.3) is 11.3 Å². The van der Waals surface area contributed by atoms with Crippen molar-refractivity contribution in [3.63, 3.8) is 0 Å². The van der Waals surface area contributed by atoms with Crippen LogP contribution in [0.4, 0.5) is 0 Å². The zero-order valence-electron chi connectivity index (χ0n) is 13.3. The van der Waals surface area contributed by atoms with E-state index in [2.05, 4.69) is 9.71 Å². The highest BCUT2D eigenvalue weighted by atomic mass is 32.2. The maximum Gasteiger partial charge on any atom is 0.216 e. The van der Waals surface area contributed by atoms with Crippen LogP contribution in [0.3, 0.4) is 0 Å². The maximum atomic E-state index is 12.2. The van der Waals surface area contributed by atoms with Gasteiger partial charge in [0.15, 0.2) is 0 Å². The molecule has 2 aromatic heterocycles. The van der Waals surface area contributed by atoms with Crippen molar-refractivity contribution in [2.75, 3.05) is 0 Å². The first-order chi connectivity index (χ1) is 11.5. The molecule has 0 saturated heterocycles. The maximum absolute atomic E-state index is 12.2. The molecule has 6 heteroatoms. The van der Waals surface area contributed by atoms with Gasteiger partial charge in [-0.25, -0.2) is 13.1 Å². The Balaban J connectivity index is 1.62. The Labute approximate surface area is 141 Å². The average molecular weight is 342 g/mol. The van der Waals surface area contributed by atoms with E-state index in [0.29, 0.717) is 0 Å². The molecule has 0 aliphatic heterocycles. The molecule has 3 aromatic rings. The minimum atomic E-state index is -3.40. The molecule has 0 aliphatic rings. The van der Waals surface area contributed by atoms with Crippen molar-refractivity contribution < 1.29 is 12.8 Å². The van der Waals surface area contributed by atoms with Gasteiger partial charge in [0.05, 0.1) is 24.0 Å². The van der Waals surface area contributed by atoms with Crippen LogP contribution in [-0.2, 0) is 22.3 Å². The molecule has 3 rings (SSSR count). The molecule has 2 heterocycles. The van der Waals surface area contributed by atoms with Crippen LogP contribution in [0.1, 0.15) is 16.7 Å². The third kappa shape index (κ3) is 4.31. The molecule has 124 valence electrons. The smallest absolute Gasteiger partial charge is 0.216 e. The molecule has 1 N–H and O–H groups in total. The second-order valence-electron chi connectivity index (χ2n) is 5.63. The molecule has 0 saturated carbocycles. The molecular formula is C18H18N2O3S. The summed E-state index contributed by atoms with van der Waals surface area (Å²) in [7, 11) is -3.40. The van der Waals surface area contributed by atoms with Gasteiger partial charge in [0.2, 0.25) is 10.0 Å². The van der Waals surface area contributed by atoms with Gasteiger partial charge in [0.25, 0.3) is 0 Å². The lowest BCUT2D eigenvalue weighted by Crippen LogP contribution is -2.24. The van der Waals surface area contributed by atoms with Gasteiger partial charge in [-0.15, -0.1) is 0 Å². The lowest BCUT2D eigenvalue weighted by atomic mass is 10.2. The molecule has 24 heavy (non-hydrogen) atoms. The summed E-state index contributed by atoms with van der Waals surface area (Å²) in [6, 6.07) is 13.0. The molecule has 0 atom stereocenters. The van der Waals surface area contributed by atoms with Crippen molar-refractivity contribution in [3.05, 3.63) is 77.9 Å². The van der Waals surface area contributed by atoms with E-state index in [0.717, 1.165) is 27.9 Å². The Morgan fingerprint density at radius 2 is 2.00 bits per heavy atom. The Kier molecular flexibility index (Phi) is 4.78. The number of aromatic nitrogens is 1. The van der Waals surface area contributed by atoms with Gasteiger partial charge in [0.1, 0.15) is 0 Å². The van der Waals surface area contributed by atoms with E-state index >= 15 is 0 Å². The molecular weight excluding hydrogens is 324 g/mol. The summed E-state index contributed by atoms with van der Waals surface area (Å²) in [4.78, 5) is 4.32. The first-order valence-electron chi connectivity index (χ1n) is 7.52. The van der Waals surface area contributed by atoms with Crippen molar-refractivity contribution in [3.8, 4) is 11.3 Å². The molecule has 1 aromatic carbocycles. The van der Waals surface area contributed by atoms with E-state index in [4.69, 9.17) is 4.42 Å². The Morgan fingerprint density at radius 3 is 2.67 bits per heavy atom. The van der Waals surface area contributed by atoms with Crippen LogP contribution in [-0.4, -0.2) is 13.4 Å². The zero-order valence-corrected chi connectivity index (χ0v) is 14.1. The Morgan fingerprint density at radius 1 is 1.12 bits per heavy atom. The summed E-state index contributed by atoms with van der Waals surface area (Å²) in [5.74, 6) is -0.0325. The molecule has 0 spiro atoms. The van der Waals surface area contributed by atoms with E-state index in [1.165, 1.54) is 0 Å². The first-order valence-corrected chi connectivity index (χ1v) is 9.17. The average Bonchev–Trinajstić information content (AvgIpc) is 3.08. The molecule has 0 aliphatic carbocycles. The van der Waals surface area contributed by atoms with Crippen molar-refractivity contribution in [2.24, 2.45) is 0 Å². The van der Waals surface area contributed by atoms with Crippen LogP contribution in [0.15, 0.2) is 65.6 Å². The zero-order chi connectivity index (χ0) is 17.0. The monoisotopic (exact) mass is 342 g/mol. The number of pyridine rings is 1. The van der Waals surface area contributed by atoms with Gasteiger partial charge >= 0.3 is 0 Å². The quantitative estimate of drug-likeness (QED) is 0.746. The lowest BCUT2D eigenvalue weighted by molar-refractivity contribution is 0.568. The largest absolute Gasteiger partial charge is 0.472 e. The van der Waals surface area contributed by atoms with Gasteiger partial charge in [-0.1, -0.05) is 35.9 Å². The highest BCUT2D eigenvalue weighted by molar-refractivity contribution is 7.88. The minimum absolute atomic E-state index is 0.0325. The highest BCUT2D eigenvalue weighted by Crippen LogP contribution is 2.17. The normalized spacial score (nSPS) is 11.5. The highest BCUT2D eigenvalue weighted by Gasteiger charge is 2.11. The van der Waals surface area contributed by atoms with E-state index in [-0.39, 0.29) is 12.3 Å². The number of benzene rings is 1. The Bertz CT molecular complexity index is 902. The first kappa shape index (κ1) is 16.4. The molecule has 0 unspecified atom stereocenters. The van der Waals surface area contributed by atoms with E-state index in [1.807, 2.05) is 49.4 Å². The number of sulfonamides is 1. The van der Waals surface area contributed by atoms with Gasteiger partial charge in [-0.05, 0) is 30.2 Å². The number of nitrogens with one attached hydrogen (secondary N) is 1. The fourth-order valence-corrected chi connectivity index (χ4v) is 3.48. The third-order valence-corrected chi connectivity index (χ3v) is 4.87. The van der Waals surface area contributed by atoms with Crippen molar-refractivity contribution in [1.29, 1.82) is 0 Å². The van der Waals surface area contributed by atoms with E-state index < -0.39 is 10.0 Å². The van der Waals surface area contributed by atoms with Crippen molar-refractivity contribution in [1.82, 2.24) is 9.71 Å².